The molecule has 0 unspecified atom stereocenters. The van der Waals surface area contributed by atoms with E-state index in [0.29, 0.717) is 6.04 Å². The molecule has 0 bridgehead atoms. The molecule has 0 aliphatic heterocycles. The number of ether oxygens (including phenoxy) is 1. The number of anilines is 1. The number of carbonyl (C=O) groups excluding carboxylic acids is 1. The molecular formula is C19H29BrN2O2. The van der Waals surface area contributed by atoms with Crippen molar-refractivity contribution in [3.8, 4) is 0 Å². The fourth-order valence-corrected chi connectivity index (χ4v) is 3.35. The van der Waals surface area contributed by atoms with Gasteiger partial charge in [-0.2, -0.15) is 0 Å². The number of alkyl carbamates (subject to hydrolysis) is 1. The fourth-order valence-electron chi connectivity index (χ4n) is 3.12. The first-order chi connectivity index (χ1) is 11.1. The van der Waals surface area contributed by atoms with Crippen LogP contribution < -0.4 is 10.6 Å². The highest BCUT2D eigenvalue weighted by Crippen LogP contribution is 2.28. The van der Waals surface area contributed by atoms with Gasteiger partial charge in [-0.25, -0.2) is 4.79 Å². The van der Waals surface area contributed by atoms with E-state index in [4.69, 9.17) is 4.74 Å². The van der Waals surface area contributed by atoms with Crippen molar-refractivity contribution in [2.24, 2.45) is 0 Å². The Morgan fingerprint density at radius 3 is 2.08 bits per heavy atom. The zero-order valence-electron chi connectivity index (χ0n) is 15.3. The smallest absolute Gasteiger partial charge is 0.407 e. The standard InChI is InChI=1S/C19H29BrN2O2/c1-12-10-16(11-13(2)17(12)20)21-14-6-8-15(9-7-14)22-18(23)24-19(3,4)5/h10-11,14-15,21H,6-9H2,1-5H3,(H,22,23). The van der Waals surface area contributed by atoms with Gasteiger partial charge in [-0.15, -0.1) is 0 Å². The van der Waals surface area contributed by atoms with Crippen LogP contribution in [0.5, 0.6) is 0 Å². The van der Waals surface area contributed by atoms with Gasteiger partial charge < -0.3 is 15.4 Å². The molecule has 1 fully saturated rings. The van der Waals surface area contributed by atoms with Crippen molar-refractivity contribution in [2.75, 3.05) is 5.32 Å². The van der Waals surface area contributed by atoms with E-state index < -0.39 is 5.60 Å². The van der Waals surface area contributed by atoms with Crippen LogP contribution in [0.2, 0.25) is 0 Å². The molecule has 1 aliphatic carbocycles. The van der Waals surface area contributed by atoms with Gasteiger partial charge in [0.15, 0.2) is 0 Å². The number of benzene rings is 1. The highest BCUT2D eigenvalue weighted by atomic mass is 79.9. The summed E-state index contributed by atoms with van der Waals surface area (Å²) >= 11 is 3.61. The van der Waals surface area contributed by atoms with E-state index in [1.807, 2.05) is 20.8 Å². The van der Waals surface area contributed by atoms with Crippen LogP contribution in [-0.2, 0) is 4.74 Å². The Morgan fingerprint density at radius 2 is 1.58 bits per heavy atom. The highest BCUT2D eigenvalue weighted by molar-refractivity contribution is 9.10. The molecule has 0 saturated heterocycles. The Bertz CT molecular complexity index is 565. The molecule has 134 valence electrons. The summed E-state index contributed by atoms with van der Waals surface area (Å²) < 4.78 is 6.51. The third kappa shape index (κ3) is 5.69. The van der Waals surface area contributed by atoms with Gasteiger partial charge in [0.1, 0.15) is 5.60 Å². The first kappa shape index (κ1) is 19.1. The maximum Gasteiger partial charge on any atom is 0.407 e. The number of nitrogens with one attached hydrogen (secondary N) is 2. The Kier molecular flexibility index (Phi) is 6.18. The number of carbonyl (C=O) groups is 1. The minimum absolute atomic E-state index is 0.214. The van der Waals surface area contributed by atoms with Crippen LogP contribution in [0.3, 0.4) is 0 Å². The number of amides is 1. The molecule has 2 rings (SSSR count). The summed E-state index contributed by atoms with van der Waals surface area (Å²) in [6.45, 7) is 9.88. The Balaban J connectivity index is 1.82. The van der Waals surface area contributed by atoms with Crippen LogP contribution in [0.4, 0.5) is 10.5 Å². The van der Waals surface area contributed by atoms with Gasteiger partial charge in [0, 0.05) is 22.2 Å². The summed E-state index contributed by atoms with van der Waals surface area (Å²) in [5.41, 5.74) is 3.23. The molecule has 0 aromatic heterocycles. The van der Waals surface area contributed by atoms with Crippen molar-refractivity contribution in [3.05, 3.63) is 27.7 Å². The molecule has 4 nitrogen and oxygen atoms in total. The number of halogens is 1. The SMILES string of the molecule is Cc1cc(NC2CCC(NC(=O)OC(C)(C)C)CC2)cc(C)c1Br. The molecule has 1 saturated carbocycles. The third-order valence-corrected chi connectivity index (χ3v) is 5.51. The molecule has 5 heteroatoms. The average Bonchev–Trinajstić information content (AvgIpc) is 2.45. The molecule has 1 aromatic carbocycles. The monoisotopic (exact) mass is 396 g/mol. The van der Waals surface area contributed by atoms with Crippen LogP contribution in [0.1, 0.15) is 57.6 Å². The normalized spacial score (nSPS) is 21.2. The first-order valence-electron chi connectivity index (χ1n) is 8.67. The van der Waals surface area contributed by atoms with E-state index in [1.54, 1.807) is 0 Å². The van der Waals surface area contributed by atoms with Crippen LogP contribution >= 0.6 is 15.9 Å². The molecule has 2 N–H and O–H groups in total. The number of hydrogen-bond donors (Lipinski definition) is 2. The predicted molar refractivity (Wildman–Crippen MR) is 103 cm³/mol. The number of aryl methyl sites for hydroxylation is 2. The van der Waals surface area contributed by atoms with E-state index in [9.17, 15) is 4.79 Å². The lowest BCUT2D eigenvalue weighted by atomic mass is 9.91. The van der Waals surface area contributed by atoms with Gasteiger partial charge in [0.2, 0.25) is 0 Å². The minimum Gasteiger partial charge on any atom is -0.444 e. The average molecular weight is 397 g/mol. The predicted octanol–water partition coefficient (Wildman–Crippen LogP) is 5.31. The lowest BCUT2D eigenvalue weighted by Gasteiger charge is -2.31. The van der Waals surface area contributed by atoms with E-state index in [-0.39, 0.29) is 12.1 Å². The van der Waals surface area contributed by atoms with Gasteiger partial charge in [-0.1, -0.05) is 15.9 Å². The maximum atomic E-state index is 11.9. The van der Waals surface area contributed by atoms with Crippen LogP contribution in [0.25, 0.3) is 0 Å². The second-order valence-corrected chi connectivity index (χ2v) is 8.56. The van der Waals surface area contributed by atoms with Crippen molar-refractivity contribution in [3.63, 3.8) is 0 Å². The minimum atomic E-state index is -0.444. The molecule has 1 aliphatic rings. The van der Waals surface area contributed by atoms with Crippen molar-refractivity contribution < 1.29 is 9.53 Å². The van der Waals surface area contributed by atoms with Crippen molar-refractivity contribution in [1.82, 2.24) is 5.32 Å². The van der Waals surface area contributed by atoms with Crippen molar-refractivity contribution in [2.45, 2.75) is 78.0 Å². The quantitative estimate of drug-likeness (QED) is 0.727. The fraction of sp³-hybridized carbons (Fsp3) is 0.632. The van der Waals surface area contributed by atoms with Crippen LogP contribution in [0.15, 0.2) is 16.6 Å². The molecule has 1 amide bonds. The zero-order chi connectivity index (χ0) is 17.9. The Morgan fingerprint density at radius 1 is 1.08 bits per heavy atom. The maximum absolute atomic E-state index is 11.9. The molecule has 0 radical (unpaired) electrons. The van der Waals surface area contributed by atoms with Crippen molar-refractivity contribution in [1.29, 1.82) is 0 Å². The largest absolute Gasteiger partial charge is 0.444 e. The van der Waals surface area contributed by atoms with Gasteiger partial charge in [0.25, 0.3) is 0 Å². The van der Waals surface area contributed by atoms with Crippen LogP contribution in [-0.4, -0.2) is 23.8 Å². The summed E-state index contributed by atoms with van der Waals surface area (Å²) in [5, 5.41) is 6.63. The van der Waals surface area contributed by atoms with Gasteiger partial charge >= 0.3 is 6.09 Å². The summed E-state index contributed by atoms with van der Waals surface area (Å²) in [7, 11) is 0. The number of hydrogen-bond acceptors (Lipinski definition) is 3. The van der Waals surface area contributed by atoms with Gasteiger partial charge in [-0.3, -0.25) is 0 Å². The molecule has 0 heterocycles. The number of rotatable bonds is 3. The lowest BCUT2D eigenvalue weighted by molar-refractivity contribution is 0.0492. The summed E-state index contributed by atoms with van der Waals surface area (Å²) in [4.78, 5) is 11.9. The highest BCUT2D eigenvalue weighted by Gasteiger charge is 2.24. The molecular weight excluding hydrogens is 368 g/mol. The zero-order valence-corrected chi connectivity index (χ0v) is 16.9. The van der Waals surface area contributed by atoms with Crippen molar-refractivity contribution >= 4 is 27.7 Å². The second kappa shape index (κ2) is 7.77. The van der Waals surface area contributed by atoms with E-state index in [0.717, 1.165) is 25.7 Å². The Hall–Kier alpha value is -1.23. The molecule has 1 aromatic rings. The molecule has 0 atom stereocenters. The molecule has 0 spiro atoms. The van der Waals surface area contributed by atoms with E-state index in [2.05, 4.69) is 52.5 Å². The third-order valence-electron chi connectivity index (χ3n) is 4.26. The lowest BCUT2D eigenvalue weighted by Crippen LogP contribution is -2.42. The first-order valence-corrected chi connectivity index (χ1v) is 9.46. The van der Waals surface area contributed by atoms with Crippen LogP contribution in [0, 0.1) is 13.8 Å². The van der Waals surface area contributed by atoms with E-state index >= 15 is 0 Å². The second-order valence-electron chi connectivity index (χ2n) is 7.76. The summed E-state index contributed by atoms with van der Waals surface area (Å²) in [6.07, 6.45) is 3.75. The van der Waals surface area contributed by atoms with Gasteiger partial charge in [0.05, 0.1) is 0 Å². The summed E-state index contributed by atoms with van der Waals surface area (Å²) in [6, 6.07) is 5.04. The topological polar surface area (TPSA) is 50.4 Å². The van der Waals surface area contributed by atoms with E-state index in [1.165, 1.54) is 21.3 Å². The Labute approximate surface area is 153 Å². The summed E-state index contributed by atoms with van der Waals surface area (Å²) in [5.74, 6) is 0. The molecule has 24 heavy (non-hydrogen) atoms. The van der Waals surface area contributed by atoms with Gasteiger partial charge in [-0.05, 0) is 83.6 Å².